The average molecular weight is 373 g/mol. The van der Waals surface area contributed by atoms with Crippen LogP contribution in [0.4, 0.5) is 17.1 Å². The molecule has 0 aliphatic heterocycles. The van der Waals surface area contributed by atoms with E-state index in [0.717, 1.165) is 11.4 Å². The molecule has 3 aromatic carbocycles. The molecule has 0 aliphatic rings. The van der Waals surface area contributed by atoms with E-state index < -0.39 is 0 Å². The second kappa shape index (κ2) is 8.60. The lowest BCUT2D eigenvalue weighted by Crippen LogP contribution is -2.14. The highest BCUT2D eigenvalue weighted by Gasteiger charge is 2.18. The molecule has 6 nitrogen and oxygen atoms in total. The van der Waals surface area contributed by atoms with Crippen molar-refractivity contribution in [3.05, 3.63) is 77.9 Å². The minimum atomic E-state index is -0.322. The van der Waals surface area contributed by atoms with Gasteiger partial charge in [-0.05, 0) is 54.6 Å². The van der Waals surface area contributed by atoms with Crippen LogP contribution in [0.25, 0.3) is 0 Å². The Labute approximate surface area is 163 Å². The van der Waals surface area contributed by atoms with Crippen molar-refractivity contribution >= 4 is 23.0 Å². The van der Waals surface area contributed by atoms with E-state index in [2.05, 4.69) is 16.7 Å². The Morgan fingerprint density at radius 1 is 0.857 bits per heavy atom. The second-order valence-corrected chi connectivity index (χ2v) is 5.89. The summed E-state index contributed by atoms with van der Waals surface area (Å²) >= 11 is 0. The Bertz CT molecular complexity index is 1000. The number of methoxy groups -OCH3 is 2. The Kier molecular flexibility index (Phi) is 5.78. The normalized spacial score (nSPS) is 9.89. The van der Waals surface area contributed by atoms with Crippen molar-refractivity contribution in [2.24, 2.45) is 0 Å². The zero-order chi connectivity index (χ0) is 19.9. The number of amides is 1. The van der Waals surface area contributed by atoms with E-state index in [1.807, 2.05) is 24.3 Å². The largest absolute Gasteiger partial charge is 0.496 e. The van der Waals surface area contributed by atoms with E-state index in [1.54, 1.807) is 42.5 Å². The molecule has 0 radical (unpaired) electrons. The first-order valence-electron chi connectivity index (χ1n) is 8.54. The van der Waals surface area contributed by atoms with Gasteiger partial charge in [-0.2, -0.15) is 5.26 Å². The van der Waals surface area contributed by atoms with Crippen LogP contribution in [0.5, 0.6) is 11.5 Å². The zero-order valence-corrected chi connectivity index (χ0v) is 15.5. The fourth-order valence-corrected chi connectivity index (χ4v) is 2.74. The number of ether oxygens (including phenoxy) is 2. The Morgan fingerprint density at radius 3 is 2.07 bits per heavy atom. The fraction of sp³-hybridized carbons (Fsp3) is 0.0909. The third-order valence-electron chi connectivity index (χ3n) is 4.08. The van der Waals surface area contributed by atoms with Crippen molar-refractivity contribution < 1.29 is 14.3 Å². The number of carbonyl (C=O) groups is 1. The molecule has 0 bridgehead atoms. The number of hydrogen-bond acceptors (Lipinski definition) is 5. The minimum Gasteiger partial charge on any atom is -0.496 e. The van der Waals surface area contributed by atoms with Crippen molar-refractivity contribution in [2.45, 2.75) is 0 Å². The maximum absolute atomic E-state index is 12.7. The summed E-state index contributed by atoms with van der Waals surface area (Å²) in [6.45, 7) is 0. The molecule has 3 rings (SSSR count). The SMILES string of the molecule is COc1cccc(OC)c1C(=O)Nc1ccc(Nc2cccc(C#N)c2)cc1. The first-order valence-corrected chi connectivity index (χ1v) is 8.54. The van der Waals surface area contributed by atoms with Gasteiger partial charge in [-0.3, -0.25) is 4.79 Å². The van der Waals surface area contributed by atoms with Gasteiger partial charge in [0.25, 0.3) is 5.91 Å². The van der Waals surface area contributed by atoms with Crippen molar-refractivity contribution in [1.82, 2.24) is 0 Å². The minimum absolute atomic E-state index is 0.322. The smallest absolute Gasteiger partial charge is 0.263 e. The number of nitrogens with one attached hydrogen (secondary N) is 2. The van der Waals surface area contributed by atoms with Gasteiger partial charge in [-0.25, -0.2) is 0 Å². The van der Waals surface area contributed by atoms with Crippen LogP contribution in [-0.2, 0) is 0 Å². The van der Waals surface area contributed by atoms with E-state index in [1.165, 1.54) is 14.2 Å². The molecule has 0 unspecified atom stereocenters. The van der Waals surface area contributed by atoms with Gasteiger partial charge >= 0.3 is 0 Å². The first kappa shape index (κ1) is 18.8. The van der Waals surface area contributed by atoms with E-state index in [-0.39, 0.29) is 5.91 Å². The molecule has 0 aliphatic carbocycles. The highest BCUT2D eigenvalue weighted by Crippen LogP contribution is 2.29. The third-order valence-corrected chi connectivity index (χ3v) is 4.08. The predicted octanol–water partition coefficient (Wildman–Crippen LogP) is 4.57. The molecule has 0 fully saturated rings. The van der Waals surface area contributed by atoms with Gasteiger partial charge in [-0.15, -0.1) is 0 Å². The van der Waals surface area contributed by atoms with Gasteiger partial charge in [0, 0.05) is 17.1 Å². The number of benzene rings is 3. The summed E-state index contributed by atoms with van der Waals surface area (Å²) in [5.41, 5.74) is 3.20. The highest BCUT2D eigenvalue weighted by atomic mass is 16.5. The summed E-state index contributed by atoms with van der Waals surface area (Å²) in [5.74, 6) is 0.553. The van der Waals surface area contributed by atoms with Crippen LogP contribution < -0.4 is 20.1 Å². The number of nitrogens with zero attached hydrogens (tertiary/aromatic N) is 1. The molecule has 0 spiro atoms. The molecule has 0 saturated carbocycles. The molecule has 0 atom stereocenters. The van der Waals surface area contributed by atoms with Gasteiger partial charge in [0.2, 0.25) is 0 Å². The molecule has 6 heteroatoms. The highest BCUT2D eigenvalue weighted by molar-refractivity contribution is 6.08. The summed E-state index contributed by atoms with van der Waals surface area (Å²) in [5, 5.41) is 15.1. The van der Waals surface area contributed by atoms with E-state index in [9.17, 15) is 4.79 Å². The molecule has 0 saturated heterocycles. The zero-order valence-electron chi connectivity index (χ0n) is 15.5. The molecular weight excluding hydrogens is 354 g/mol. The van der Waals surface area contributed by atoms with Gasteiger partial charge in [-0.1, -0.05) is 12.1 Å². The van der Waals surface area contributed by atoms with Crippen LogP contribution in [0.2, 0.25) is 0 Å². The number of carbonyl (C=O) groups excluding carboxylic acids is 1. The first-order chi connectivity index (χ1) is 13.6. The lowest BCUT2D eigenvalue weighted by molar-refractivity contribution is 0.102. The molecule has 140 valence electrons. The summed E-state index contributed by atoms with van der Waals surface area (Å²) in [7, 11) is 3.01. The van der Waals surface area contributed by atoms with E-state index in [0.29, 0.717) is 28.3 Å². The number of rotatable bonds is 6. The number of anilines is 3. The molecular formula is C22H19N3O3. The maximum Gasteiger partial charge on any atom is 0.263 e. The molecule has 28 heavy (non-hydrogen) atoms. The molecule has 1 amide bonds. The quantitative estimate of drug-likeness (QED) is 0.661. The molecule has 0 aromatic heterocycles. The van der Waals surface area contributed by atoms with Crippen LogP contribution in [0.1, 0.15) is 15.9 Å². The second-order valence-electron chi connectivity index (χ2n) is 5.89. The molecule has 0 heterocycles. The van der Waals surface area contributed by atoms with Crippen LogP contribution in [0.15, 0.2) is 66.7 Å². The predicted molar refractivity (Wildman–Crippen MR) is 108 cm³/mol. The fourth-order valence-electron chi connectivity index (χ4n) is 2.74. The van der Waals surface area contributed by atoms with Crippen molar-refractivity contribution in [2.75, 3.05) is 24.9 Å². The summed E-state index contributed by atoms with van der Waals surface area (Å²) < 4.78 is 10.6. The van der Waals surface area contributed by atoms with Crippen LogP contribution in [0.3, 0.4) is 0 Å². The summed E-state index contributed by atoms with van der Waals surface area (Å²) in [4.78, 5) is 12.7. The molecule has 3 aromatic rings. The number of nitriles is 1. The van der Waals surface area contributed by atoms with Crippen molar-refractivity contribution in [3.8, 4) is 17.6 Å². The lowest BCUT2D eigenvalue weighted by Gasteiger charge is -2.13. The third kappa shape index (κ3) is 4.22. The van der Waals surface area contributed by atoms with Crippen molar-refractivity contribution in [3.63, 3.8) is 0 Å². The summed E-state index contributed by atoms with van der Waals surface area (Å²) in [6.07, 6.45) is 0. The Morgan fingerprint density at radius 2 is 1.46 bits per heavy atom. The van der Waals surface area contributed by atoms with E-state index >= 15 is 0 Å². The van der Waals surface area contributed by atoms with Gasteiger partial charge < -0.3 is 20.1 Å². The van der Waals surface area contributed by atoms with Crippen molar-refractivity contribution in [1.29, 1.82) is 5.26 Å². The number of hydrogen-bond donors (Lipinski definition) is 2. The average Bonchev–Trinajstić information content (AvgIpc) is 2.74. The van der Waals surface area contributed by atoms with Crippen LogP contribution in [0, 0.1) is 11.3 Å². The Balaban J connectivity index is 1.74. The topological polar surface area (TPSA) is 83.4 Å². The van der Waals surface area contributed by atoms with Crippen LogP contribution in [-0.4, -0.2) is 20.1 Å². The Hall–Kier alpha value is -3.98. The van der Waals surface area contributed by atoms with E-state index in [4.69, 9.17) is 14.7 Å². The van der Waals surface area contributed by atoms with Gasteiger partial charge in [0.05, 0.1) is 25.9 Å². The standard InChI is InChI=1S/C22H19N3O3/c1-27-19-7-4-8-20(28-2)21(19)22(26)25-17-11-9-16(10-12-17)24-18-6-3-5-15(13-18)14-23/h3-13,24H,1-2H3,(H,25,26). The van der Waals surface area contributed by atoms with Crippen LogP contribution >= 0.6 is 0 Å². The van der Waals surface area contributed by atoms with Gasteiger partial charge in [0.1, 0.15) is 17.1 Å². The monoisotopic (exact) mass is 373 g/mol. The lowest BCUT2D eigenvalue weighted by atomic mass is 10.1. The summed E-state index contributed by atoms with van der Waals surface area (Å²) in [6, 6.07) is 21.8. The molecule has 2 N–H and O–H groups in total. The van der Waals surface area contributed by atoms with Gasteiger partial charge in [0.15, 0.2) is 0 Å². The maximum atomic E-state index is 12.7.